The van der Waals surface area contributed by atoms with Gasteiger partial charge in [0.2, 0.25) is 5.91 Å². The first-order valence-corrected chi connectivity index (χ1v) is 17.5. The van der Waals surface area contributed by atoms with Gasteiger partial charge in [0.25, 0.3) is 5.91 Å². The summed E-state index contributed by atoms with van der Waals surface area (Å²) in [5.41, 5.74) is 3.60. The second-order valence-electron chi connectivity index (χ2n) is 12.1. The molecule has 3 heterocycles. The van der Waals surface area contributed by atoms with Gasteiger partial charge in [-0.2, -0.15) is 0 Å². The second-order valence-corrected chi connectivity index (χ2v) is 16.0. The van der Waals surface area contributed by atoms with Gasteiger partial charge < -0.3 is 29.8 Å². The lowest BCUT2D eigenvalue weighted by Gasteiger charge is -2.32. The molecule has 1 fully saturated rings. The van der Waals surface area contributed by atoms with Crippen LogP contribution >= 0.6 is 0 Å². The fraction of sp³-hybridized carbons (Fsp3) is 0.333. The molecule has 3 aromatic carbocycles. The van der Waals surface area contributed by atoms with Crippen molar-refractivity contribution >= 4 is 42.4 Å². The Morgan fingerprint density at radius 3 is 2.64 bits per heavy atom. The number of benzene rings is 3. The molecule has 1 aromatic heterocycles. The van der Waals surface area contributed by atoms with Crippen molar-refractivity contribution in [1.29, 1.82) is 0 Å². The summed E-state index contributed by atoms with van der Waals surface area (Å²) in [7, 11) is -2.74. The summed E-state index contributed by atoms with van der Waals surface area (Å²) in [5.74, 6) is -0.549. The monoisotopic (exact) mass is 583 g/mol. The zero-order chi connectivity index (χ0) is 29.6. The lowest BCUT2D eigenvalue weighted by atomic mass is 9.82. The van der Waals surface area contributed by atoms with E-state index in [1.54, 1.807) is 4.90 Å². The molecule has 8 nitrogen and oxygen atoms in total. The molecule has 2 aliphatic heterocycles. The van der Waals surface area contributed by atoms with Crippen molar-refractivity contribution in [3.63, 3.8) is 0 Å². The van der Waals surface area contributed by atoms with Gasteiger partial charge in [-0.05, 0) is 54.9 Å². The Morgan fingerprint density at radius 1 is 1.10 bits per heavy atom. The minimum absolute atomic E-state index is 0.0766. The average Bonchev–Trinajstić information content (AvgIpc) is 3.57. The van der Waals surface area contributed by atoms with E-state index in [1.165, 1.54) is 0 Å². The summed E-state index contributed by atoms with van der Waals surface area (Å²) in [5, 5.41) is 13.8. The van der Waals surface area contributed by atoms with Crippen LogP contribution in [0.3, 0.4) is 0 Å². The van der Waals surface area contributed by atoms with E-state index in [0.29, 0.717) is 18.7 Å². The first-order chi connectivity index (χ1) is 20.1. The number of aliphatic hydroxyl groups is 1. The topological polar surface area (TPSA) is 115 Å². The lowest BCUT2D eigenvalue weighted by molar-refractivity contribution is -0.146. The normalized spacial score (nSPS) is 23.6. The molecule has 0 radical (unpaired) electrons. The van der Waals surface area contributed by atoms with E-state index in [-0.39, 0.29) is 36.3 Å². The maximum absolute atomic E-state index is 14.4. The molecule has 42 heavy (non-hydrogen) atoms. The van der Waals surface area contributed by atoms with E-state index < -0.39 is 20.0 Å². The minimum Gasteiger partial charge on any atom is -0.432 e. The Bertz CT molecular complexity index is 1650. The molecule has 0 saturated carbocycles. The lowest BCUT2D eigenvalue weighted by Crippen LogP contribution is -2.46. The molecule has 218 valence electrons. The predicted octanol–water partition coefficient (Wildman–Crippen LogP) is 5.08. The van der Waals surface area contributed by atoms with E-state index in [4.69, 9.17) is 4.74 Å². The van der Waals surface area contributed by atoms with Gasteiger partial charge in [0.15, 0.2) is 13.9 Å². The number of aromatic amines is 1. The van der Waals surface area contributed by atoms with Crippen molar-refractivity contribution in [1.82, 2.24) is 4.98 Å². The third-order valence-electron chi connectivity index (χ3n) is 8.88. The van der Waals surface area contributed by atoms with Crippen molar-refractivity contribution in [2.24, 2.45) is 5.92 Å². The quantitative estimate of drug-likeness (QED) is 0.216. The first-order valence-electron chi connectivity index (χ1n) is 14.5. The molecule has 2 aliphatic rings. The number of aliphatic hydroxyl groups excluding tert-OH is 1. The number of anilines is 2. The number of nitrogens with one attached hydrogen (secondary N) is 2. The van der Waals surface area contributed by atoms with Crippen molar-refractivity contribution in [3.8, 4) is 0 Å². The van der Waals surface area contributed by atoms with Crippen LogP contribution in [0.2, 0.25) is 18.6 Å². The van der Waals surface area contributed by atoms with Crippen molar-refractivity contribution in [2.45, 2.75) is 56.7 Å². The Hall–Kier alpha value is -3.76. The molecule has 1 spiro atoms. The van der Waals surface area contributed by atoms with E-state index in [2.05, 4.69) is 10.3 Å². The number of hydrogen-bond acceptors (Lipinski definition) is 5. The van der Waals surface area contributed by atoms with Crippen LogP contribution in [0, 0.1) is 5.92 Å². The molecule has 4 atom stereocenters. The molecule has 1 saturated heterocycles. The second kappa shape index (κ2) is 10.8. The van der Waals surface area contributed by atoms with E-state index in [1.807, 2.05) is 99.0 Å². The number of amides is 2. The number of fused-ring (bicyclic) bond motifs is 3. The van der Waals surface area contributed by atoms with Gasteiger partial charge in [-0.25, -0.2) is 0 Å². The maximum Gasteiger partial charge on any atom is 0.264 e. The molecule has 4 N–H and O–H groups in total. The first kappa shape index (κ1) is 28.4. The number of carbonyl (C=O) groups excluding carboxylic acids is 2. The largest absolute Gasteiger partial charge is 0.432 e. The number of H-pyrrole nitrogens is 1. The van der Waals surface area contributed by atoms with Gasteiger partial charge in [0, 0.05) is 46.4 Å². The predicted molar refractivity (Wildman–Crippen MR) is 166 cm³/mol. The van der Waals surface area contributed by atoms with Gasteiger partial charge >= 0.3 is 0 Å². The van der Waals surface area contributed by atoms with Crippen LogP contribution in [0.15, 0.2) is 79.0 Å². The molecule has 9 heteroatoms. The summed E-state index contributed by atoms with van der Waals surface area (Å²) in [6, 6.07) is 23.2. The Balaban J connectivity index is 1.25. The van der Waals surface area contributed by atoms with Crippen LogP contribution in [-0.4, -0.2) is 47.7 Å². The molecular weight excluding hydrogens is 546 g/mol. The smallest absolute Gasteiger partial charge is 0.264 e. The molecule has 0 aliphatic carbocycles. The molecular formula is C33H37N3O5Si. The standard InChI is InChI=1S/C33H37N3O5Si/c1-21-31(42(2,3)40)29(15-16-37)41-33(21)26-12-5-7-14-28(26)36(32(33)39)20-22-9-8-10-24(17-22)35-30(38)18-23-19-34-27-13-6-4-11-25(23)27/h4-14,17,19,21,29,31,34,37,40H,15-16,18,20H2,1-3H3,(H,35,38)/t21-,29+,31-,33+/m1/s1. The zero-order valence-corrected chi connectivity index (χ0v) is 25.1. The average molecular weight is 584 g/mol. The van der Waals surface area contributed by atoms with Gasteiger partial charge in [0.1, 0.15) is 0 Å². The van der Waals surface area contributed by atoms with Gasteiger partial charge in [-0.3, -0.25) is 9.59 Å². The summed E-state index contributed by atoms with van der Waals surface area (Å²) in [6.45, 7) is 5.97. The SMILES string of the molecule is C[C@@H]1[C@@H]([Si](C)(C)O)[C@H](CCO)O[C@@]12C(=O)N(Cc1cccc(NC(=O)Cc3c[nH]c4ccccc34)c1)c1ccccc12. The molecule has 6 rings (SSSR count). The Kier molecular flexibility index (Phi) is 7.30. The third-order valence-corrected chi connectivity index (χ3v) is 11.4. The van der Waals surface area contributed by atoms with Crippen molar-refractivity contribution < 1.29 is 24.2 Å². The number of rotatable bonds is 8. The number of nitrogens with zero attached hydrogens (tertiary/aromatic N) is 1. The fourth-order valence-corrected chi connectivity index (χ4v) is 9.77. The molecule has 0 unspecified atom stereocenters. The molecule has 0 bridgehead atoms. The number of carbonyl (C=O) groups is 2. The van der Waals surface area contributed by atoms with Crippen molar-refractivity contribution in [3.05, 3.63) is 95.7 Å². The maximum atomic E-state index is 14.4. The summed E-state index contributed by atoms with van der Waals surface area (Å²) >= 11 is 0. The van der Waals surface area contributed by atoms with E-state index >= 15 is 0 Å². The number of aromatic nitrogens is 1. The highest BCUT2D eigenvalue weighted by molar-refractivity contribution is 6.71. The minimum atomic E-state index is -2.74. The zero-order valence-electron chi connectivity index (χ0n) is 24.1. The third kappa shape index (κ3) is 4.76. The van der Waals surface area contributed by atoms with Gasteiger partial charge in [-0.15, -0.1) is 0 Å². The summed E-state index contributed by atoms with van der Waals surface area (Å²) < 4.78 is 6.63. The van der Waals surface area contributed by atoms with Gasteiger partial charge in [0.05, 0.1) is 24.8 Å². The fourth-order valence-electron chi connectivity index (χ4n) is 7.17. The van der Waals surface area contributed by atoms with Crippen LogP contribution in [0.1, 0.15) is 30.0 Å². The Labute approximate surface area is 246 Å². The number of hydrogen-bond donors (Lipinski definition) is 4. The Morgan fingerprint density at radius 2 is 1.86 bits per heavy atom. The van der Waals surface area contributed by atoms with Crippen LogP contribution in [0.5, 0.6) is 0 Å². The van der Waals surface area contributed by atoms with Crippen LogP contribution in [0.4, 0.5) is 11.4 Å². The number of ether oxygens (including phenoxy) is 1. The number of para-hydroxylation sites is 2. The summed E-state index contributed by atoms with van der Waals surface area (Å²) in [4.78, 5) is 43.5. The molecule has 2 amide bonds. The molecule has 4 aromatic rings. The van der Waals surface area contributed by atoms with E-state index in [9.17, 15) is 19.5 Å². The highest BCUT2D eigenvalue weighted by Crippen LogP contribution is 2.59. The van der Waals surface area contributed by atoms with Crippen molar-refractivity contribution in [2.75, 3.05) is 16.8 Å². The highest BCUT2D eigenvalue weighted by atomic mass is 28.4. The van der Waals surface area contributed by atoms with Crippen LogP contribution in [-0.2, 0) is 32.9 Å². The van der Waals surface area contributed by atoms with E-state index in [0.717, 1.165) is 33.3 Å². The summed E-state index contributed by atoms with van der Waals surface area (Å²) in [6.07, 6.45) is 2.06. The van der Waals surface area contributed by atoms with Gasteiger partial charge in [-0.1, -0.05) is 55.5 Å². The van der Waals surface area contributed by atoms with Crippen LogP contribution < -0.4 is 10.2 Å². The highest BCUT2D eigenvalue weighted by Gasteiger charge is 2.65. The van der Waals surface area contributed by atoms with Crippen LogP contribution in [0.25, 0.3) is 10.9 Å².